The maximum atomic E-state index is 12.5. The predicted molar refractivity (Wildman–Crippen MR) is 96.4 cm³/mol. The number of benzene rings is 2. The molecule has 1 N–H and O–H groups in total. The number of halogens is 1. The van der Waals surface area contributed by atoms with E-state index in [1.165, 1.54) is 12.1 Å². The Labute approximate surface area is 152 Å². The second-order valence-corrected chi connectivity index (χ2v) is 6.75. The summed E-state index contributed by atoms with van der Waals surface area (Å²) in [6, 6.07) is 13.1. The lowest BCUT2D eigenvalue weighted by Crippen LogP contribution is -2.27. The highest BCUT2D eigenvalue weighted by atomic mass is 35.5. The van der Waals surface area contributed by atoms with Gasteiger partial charge in [0.2, 0.25) is 0 Å². The van der Waals surface area contributed by atoms with Gasteiger partial charge in [0, 0.05) is 5.02 Å². The molecule has 25 heavy (non-hydrogen) atoms. The largest absolute Gasteiger partial charge is 0.478 e. The van der Waals surface area contributed by atoms with Crippen LogP contribution in [0.25, 0.3) is 6.08 Å². The van der Waals surface area contributed by atoms with Crippen molar-refractivity contribution in [1.29, 1.82) is 0 Å². The minimum atomic E-state index is -1.06. The first-order valence-electron chi connectivity index (χ1n) is 7.27. The molecule has 1 aliphatic heterocycles. The quantitative estimate of drug-likeness (QED) is 0.810. The van der Waals surface area contributed by atoms with Crippen molar-refractivity contribution in [3.63, 3.8) is 0 Å². The number of amides is 2. The molecule has 0 unspecified atom stereocenters. The molecule has 3 rings (SSSR count). The molecule has 1 saturated heterocycles. The van der Waals surface area contributed by atoms with Crippen molar-refractivity contribution in [2.45, 2.75) is 6.54 Å². The van der Waals surface area contributed by atoms with E-state index in [9.17, 15) is 14.4 Å². The van der Waals surface area contributed by atoms with Gasteiger partial charge in [0.1, 0.15) is 0 Å². The third-order valence-electron chi connectivity index (χ3n) is 3.56. The van der Waals surface area contributed by atoms with Gasteiger partial charge < -0.3 is 5.11 Å². The molecule has 1 fully saturated rings. The third-order valence-corrected chi connectivity index (χ3v) is 4.72. The van der Waals surface area contributed by atoms with Gasteiger partial charge in [-0.1, -0.05) is 35.9 Å². The van der Waals surface area contributed by atoms with Crippen LogP contribution >= 0.6 is 23.4 Å². The Kier molecular flexibility index (Phi) is 4.92. The van der Waals surface area contributed by atoms with E-state index < -0.39 is 11.9 Å². The molecule has 126 valence electrons. The average Bonchev–Trinajstić information content (AvgIpc) is 2.85. The summed E-state index contributed by atoms with van der Waals surface area (Å²) in [6.45, 7) is 0.0315. The smallest absolute Gasteiger partial charge is 0.335 e. The first-order chi connectivity index (χ1) is 11.9. The molecule has 0 aliphatic carbocycles. The zero-order chi connectivity index (χ0) is 18.0. The average molecular weight is 374 g/mol. The van der Waals surface area contributed by atoms with Gasteiger partial charge in [-0.05, 0) is 53.2 Å². The van der Waals surface area contributed by atoms with Gasteiger partial charge >= 0.3 is 5.97 Å². The van der Waals surface area contributed by atoms with E-state index in [1.54, 1.807) is 42.5 Å². The number of aromatic carboxylic acids is 1. The molecule has 2 amide bonds. The summed E-state index contributed by atoms with van der Waals surface area (Å²) < 4.78 is 0. The summed E-state index contributed by atoms with van der Waals surface area (Å²) in [5.41, 5.74) is 1.46. The van der Waals surface area contributed by atoms with Crippen LogP contribution in [0.3, 0.4) is 0 Å². The zero-order valence-electron chi connectivity index (χ0n) is 12.8. The van der Waals surface area contributed by atoms with Gasteiger partial charge in [0.25, 0.3) is 11.1 Å². The summed E-state index contributed by atoms with van der Waals surface area (Å²) in [5, 5.41) is 9.23. The summed E-state index contributed by atoms with van der Waals surface area (Å²) in [7, 11) is 0. The zero-order valence-corrected chi connectivity index (χ0v) is 14.4. The van der Waals surface area contributed by atoms with E-state index in [0.717, 1.165) is 22.2 Å². The summed E-state index contributed by atoms with van der Waals surface area (Å²) in [4.78, 5) is 37.1. The SMILES string of the molecule is O=C(O)c1cccc(CN2C(=O)S/C(=C/c3ccc(Cl)cc3)C2=O)c1. The van der Waals surface area contributed by atoms with E-state index in [2.05, 4.69) is 0 Å². The van der Waals surface area contributed by atoms with E-state index in [1.807, 2.05) is 0 Å². The molecular weight excluding hydrogens is 362 g/mol. The van der Waals surface area contributed by atoms with Crippen LogP contribution < -0.4 is 0 Å². The van der Waals surface area contributed by atoms with Crippen LogP contribution in [0.1, 0.15) is 21.5 Å². The Balaban J connectivity index is 1.81. The first kappa shape index (κ1) is 17.3. The molecule has 2 aromatic carbocycles. The highest BCUT2D eigenvalue weighted by Gasteiger charge is 2.35. The molecule has 0 bridgehead atoms. The number of carbonyl (C=O) groups excluding carboxylic acids is 2. The van der Waals surface area contributed by atoms with Crippen molar-refractivity contribution < 1.29 is 19.5 Å². The van der Waals surface area contributed by atoms with Crippen molar-refractivity contribution in [3.8, 4) is 0 Å². The minimum absolute atomic E-state index is 0.0315. The standard InChI is InChI=1S/C18H12ClNO4S/c19-14-6-4-11(5-7-14)9-15-16(21)20(18(24)25-15)10-12-2-1-3-13(8-12)17(22)23/h1-9H,10H2,(H,22,23)/b15-9+. The van der Waals surface area contributed by atoms with Crippen LogP contribution in [-0.4, -0.2) is 27.1 Å². The number of rotatable bonds is 4. The molecule has 7 heteroatoms. The fourth-order valence-electron chi connectivity index (χ4n) is 2.33. The lowest BCUT2D eigenvalue weighted by atomic mass is 10.1. The number of hydrogen-bond donors (Lipinski definition) is 1. The number of carbonyl (C=O) groups is 3. The van der Waals surface area contributed by atoms with Gasteiger partial charge in [-0.2, -0.15) is 0 Å². The third kappa shape index (κ3) is 3.92. The van der Waals surface area contributed by atoms with E-state index in [4.69, 9.17) is 16.7 Å². The molecule has 0 aromatic heterocycles. The summed E-state index contributed by atoms with van der Waals surface area (Å²) >= 11 is 6.69. The van der Waals surface area contributed by atoms with Gasteiger partial charge in [-0.15, -0.1) is 0 Å². The molecule has 0 spiro atoms. The Morgan fingerprint density at radius 3 is 2.56 bits per heavy atom. The van der Waals surface area contributed by atoms with Gasteiger partial charge in [-0.25, -0.2) is 4.79 Å². The van der Waals surface area contributed by atoms with Crippen molar-refractivity contribution in [2.75, 3.05) is 0 Å². The Hall–Kier alpha value is -2.57. The van der Waals surface area contributed by atoms with Gasteiger partial charge in [0.05, 0.1) is 17.0 Å². The van der Waals surface area contributed by atoms with E-state index in [0.29, 0.717) is 15.5 Å². The van der Waals surface area contributed by atoms with Gasteiger partial charge in [-0.3, -0.25) is 14.5 Å². The van der Waals surface area contributed by atoms with Crippen LogP contribution in [0.2, 0.25) is 5.02 Å². The Morgan fingerprint density at radius 2 is 1.88 bits per heavy atom. The maximum absolute atomic E-state index is 12.5. The number of thioether (sulfide) groups is 1. The highest BCUT2D eigenvalue weighted by molar-refractivity contribution is 8.18. The van der Waals surface area contributed by atoms with Crippen LogP contribution in [0.15, 0.2) is 53.4 Å². The maximum Gasteiger partial charge on any atom is 0.335 e. The number of carboxylic acids is 1. The summed E-state index contributed by atoms with van der Waals surface area (Å²) in [5.74, 6) is -1.45. The second kappa shape index (κ2) is 7.13. The van der Waals surface area contributed by atoms with Crippen molar-refractivity contribution >= 4 is 46.6 Å². The van der Waals surface area contributed by atoms with Crippen LogP contribution in [-0.2, 0) is 11.3 Å². The lowest BCUT2D eigenvalue weighted by Gasteiger charge is -2.12. The van der Waals surface area contributed by atoms with Crippen molar-refractivity contribution in [3.05, 3.63) is 75.1 Å². The van der Waals surface area contributed by atoms with Crippen LogP contribution in [0, 0.1) is 0 Å². The van der Waals surface area contributed by atoms with Crippen LogP contribution in [0.4, 0.5) is 4.79 Å². The fourth-order valence-corrected chi connectivity index (χ4v) is 3.30. The molecule has 2 aromatic rings. The highest BCUT2D eigenvalue weighted by Crippen LogP contribution is 2.33. The normalized spacial score (nSPS) is 15.9. The number of carboxylic acid groups (broad SMARTS) is 1. The Bertz CT molecular complexity index is 892. The molecule has 0 saturated carbocycles. The Morgan fingerprint density at radius 1 is 1.16 bits per heavy atom. The van der Waals surface area contributed by atoms with E-state index >= 15 is 0 Å². The molecule has 5 nitrogen and oxygen atoms in total. The molecule has 1 heterocycles. The van der Waals surface area contributed by atoms with Crippen molar-refractivity contribution in [2.24, 2.45) is 0 Å². The lowest BCUT2D eigenvalue weighted by molar-refractivity contribution is -0.123. The fraction of sp³-hybridized carbons (Fsp3) is 0.0556. The molecule has 0 radical (unpaired) electrons. The molecular formula is C18H12ClNO4S. The monoisotopic (exact) mass is 373 g/mol. The number of imide groups is 1. The minimum Gasteiger partial charge on any atom is -0.478 e. The van der Waals surface area contributed by atoms with Crippen LogP contribution in [0.5, 0.6) is 0 Å². The second-order valence-electron chi connectivity index (χ2n) is 5.32. The predicted octanol–water partition coefficient (Wildman–Crippen LogP) is 4.27. The van der Waals surface area contributed by atoms with Gasteiger partial charge in [0.15, 0.2) is 0 Å². The number of nitrogens with zero attached hydrogens (tertiary/aromatic N) is 1. The first-order valence-corrected chi connectivity index (χ1v) is 8.46. The summed E-state index contributed by atoms with van der Waals surface area (Å²) in [6.07, 6.45) is 1.63. The topological polar surface area (TPSA) is 74.7 Å². The number of hydrogen-bond acceptors (Lipinski definition) is 4. The van der Waals surface area contributed by atoms with E-state index in [-0.39, 0.29) is 17.3 Å². The molecule has 0 atom stereocenters. The molecule has 1 aliphatic rings. The van der Waals surface area contributed by atoms with Crippen molar-refractivity contribution in [1.82, 2.24) is 4.90 Å².